The van der Waals surface area contributed by atoms with Gasteiger partial charge in [-0.3, -0.25) is 4.79 Å². The lowest BCUT2D eigenvalue weighted by molar-refractivity contribution is -0.168. The molecule has 0 radical (unpaired) electrons. The van der Waals surface area contributed by atoms with E-state index in [1.165, 1.54) is 0 Å². The van der Waals surface area contributed by atoms with Gasteiger partial charge in [0.05, 0.1) is 13.2 Å². The maximum Gasteiger partial charge on any atom is 0.306 e. The molecule has 0 saturated carbocycles. The van der Waals surface area contributed by atoms with Crippen molar-refractivity contribution in [1.29, 1.82) is 0 Å². The van der Waals surface area contributed by atoms with Crippen LogP contribution in [-0.2, 0) is 9.53 Å². The van der Waals surface area contributed by atoms with Crippen LogP contribution in [0.2, 0.25) is 0 Å². The Hall–Kier alpha value is -0.650. The highest BCUT2D eigenvalue weighted by molar-refractivity contribution is 5.72. The molecule has 1 heterocycles. The number of ether oxygens (including phenoxy) is 1. The van der Waals surface area contributed by atoms with Crippen molar-refractivity contribution < 1.29 is 24.9 Å². The van der Waals surface area contributed by atoms with E-state index in [2.05, 4.69) is 0 Å². The summed E-state index contributed by atoms with van der Waals surface area (Å²) in [4.78, 5) is 10.7. The highest BCUT2D eigenvalue weighted by Crippen LogP contribution is 2.29. The van der Waals surface area contributed by atoms with E-state index >= 15 is 0 Å². The SMILES string of the molecule is O=C1CCC(CO)(C(O)CO)O1. The summed E-state index contributed by atoms with van der Waals surface area (Å²) in [5.74, 6) is -0.448. The number of carbonyl (C=O) groups excluding carboxylic acids is 1. The second-order valence-corrected chi connectivity index (χ2v) is 2.90. The number of aliphatic hydroxyl groups is 3. The molecule has 1 aliphatic heterocycles. The summed E-state index contributed by atoms with van der Waals surface area (Å²) in [7, 11) is 0. The summed E-state index contributed by atoms with van der Waals surface area (Å²) in [6.07, 6.45) is -0.768. The monoisotopic (exact) mass is 176 g/mol. The summed E-state index contributed by atoms with van der Waals surface area (Å²) in [6, 6.07) is 0. The first kappa shape index (κ1) is 9.44. The highest BCUT2D eigenvalue weighted by Gasteiger charge is 2.45. The number of carbonyl (C=O) groups is 1. The standard InChI is InChI=1S/C7H12O5/c8-3-5(10)7(4-9)2-1-6(11)12-7/h5,8-10H,1-4H2. The number of hydrogen-bond acceptors (Lipinski definition) is 5. The third kappa shape index (κ3) is 1.43. The Morgan fingerprint density at radius 3 is 2.58 bits per heavy atom. The van der Waals surface area contributed by atoms with Crippen LogP contribution in [0.4, 0.5) is 0 Å². The molecular formula is C7H12O5. The van der Waals surface area contributed by atoms with E-state index in [1.54, 1.807) is 0 Å². The second kappa shape index (κ2) is 3.38. The molecule has 12 heavy (non-hydrogen) atoms. The molecule has 70 valence electrons. The minimum absolute atomic E-state index is 0.178. The summed E-state index contributed by atoms with van der Waals surface area (Å²) >= 11 is 0. The third-order valence-electron chi connectivity index (χ3n) is 2.12. The van der Waals surface area contributed by atoms with E-state index in [0.717, 1.165) is 0 Å². The first-order valence-corrected chi connectivity index (χ1v) is 3.76. The molecule has 1 saturated heterocycles. The van der Waals surface area contributed by atoms with Gasteiger partial charge in [-0.15, -0.1) is 0 Å². The molecule has 0 aliphatic carbocycles. The molecule has 0 aromatic carbocycles. The molecule has 1 fully saturated rings. The molecule has 1 rings (SSSR count). The third-order valence-corrected chi connectivity index (χ3v) is 2.12. The first-order chi connectivity index (χ1) is 5.64. The van der Waals surface area contributed by atoms with Crippen LogP contribution in [0.5, 0.6) is 0 Å². The fourth-order valence-electron chi connectivity index (χ4n) is 1.26. The van der Waals surface area contributed by atoms with Crippen molar-refractivity contribution in [1.82, 2.24) is 0 Å². The average Bonchev–Trinajstić information content (AvgIpc) is 2.47. The van der Waals surface area contributed by atoms with Crippen molar-refractivity contribution in [2.24, 2.45) is 0 Å². The Morgan fingerprint density at radius 1 is 1.58 bits per heavy atom. The van der Waals surface area contributed by atoms with Gasteiger partial charge in [0, 0.05) is 12.8 Å². The van der Waals surface area contributed by atoms with Gasteiger partial charge in [-0.25, -0.2) is 0 Å². The lowest BCUT2D eigenvalue weighted by Gasteiger charge is -2.29. The van der Waals surface area contributed by atoms with Crippen molar-refractivity contribution in [2.75, 3.05) is 13.2 Å². The van der Waals surface area contributed by atoms with Crippen LogP contribution in [0.1, 0.15) is 12.8 Å². The van der Waals surface area contributed by atoms with Gasteiger partial charge in [-0.1, -0.05) is 0 Å². The van der Waals surface area contributed by atoms with Crippen LogP contribution >= 0.6 is 0 Å². The summed E-state index contributed by atoms with van der Waals surface area (Å²) in [6.45, 7) is -0.978. The van der Waals surface area contributed by atoms with Crippen LogP contribution in [0.3, 0.4) is 0 Å². The zero-order valence-corrected chi connectivity index (χ0v) is 6.56. The fourth-order valence-corrected chi connectivity index (χ4v) is 1.26. The number of aliphatic hydroxyl groups excluding tert-OH is 3. The quantitative estimate of drug-likeness (QED) is 0.451. The Balaban J connectivity index is 2.70. The Bertz CT molecular complexity index is 181. The average molecular weight is 176 g/mol. The zero-order valence-electron chi connectivity index (χ0n) is 6.56. The Morgan fingerprint density at radius 2 is 2.25 bits per heavy atom. The molecule has 5 heteroatoms. The van der Waals surface area contributed by atoms with Gasteiger partial charge in [0.1, 0.15) is 6.10 Å². The van der Waals surface area contributed by atoms with Crippen molar-refractivity contribution in [3.8, 4) is 0 Å². The minimum Gasteiger partial charge on any atom is -0.454 e. The summed E-state index contributed by atoms with van der Waals surface area (Å²) < 4.78 is 4.75. The van der Waals surface area contributed by atoms with Gasteiger partial charge < -0.3 is 20.1 Å². The van der Waals surface area contributed by atoms with Crippen molar-refractivity contribution in [3.63, 3.8) is 0 Å². The van der Waals surface area contributed by atoms with Gasteiger partial charge in [0.15, 0.2) is 5.60 Å². The Labute approximate surface area is 69.6 Å². The highest BCUT2D eigenvalue weighted by atomic mass is 16.6. The molecule has 0 bridgehead atoms. The minimum atomic E-state index is -1.27. The van der Waals surface area contributed by atoms with Gasteiger partial charge >= 0.3 is 5.97 Å². The normalized spacial score (nSPS) is 31.8. The maximum atomic E-state index is 10.7. The fraction of sp³-hybridized carbons (Fsp3) is 0.857. The zero-order chi connectivity index (χ0) is 9.19. The molecule has 0 spiro atoms. The molecular weight excluding hydrogens is 164 g/mol. The summed E-state index contributed by atoms with van der Waals surface area (Å²) in [5.41, 5.74) is -1.27. The first-order valence-electron chi connectivity index (χ1n) is 3.76. The predicted octanol–water partition coefficient (Wildman–Crippen LogP) is -1.59. The van der Waals surface area contributed by atoms with E-state index in [1.807, 2.05) is 0 Å². The molecule has 2 unspecified atom stereocenters. The van der Waals surface area contributed by atoms with Crippen LogP contribution in [-0.4, -0.2) is 46.2 Å². The molecule has 5 nitrogen and oxygen atoms in total. The largest absolute Gasteiger partial charge is 0.454 e. The van der Waals surface area contributed by atoms with Gasteiger partial charge in [-0.05, 0) is 0 Å². The molecule has 2 atom stereocenters. The van der Waals surface area contributed by atoms with Crippen molar-refractivity contribution >= 4 is 5.97 Å². The van der Waals surface area contributed by atoms with Crippen molar-refractivity contribution in [3.05, 3.63) is 0 Å². The predicted molar refractivity (Wildman–Crippen MR) is 38.2 cm³/mol. The van der Waals surface area contributed by atoms with Crippen LogP contribution in [0.15, 0.2) is 0 Å². The van der Waals surface area contributed by atoms with Gasteiger partial charge in [-0.2, -0.15) is 0 Å². The lowest BCUT2D eigenvalue weighted by atomic mass is 9.95. The molecule has 0 aromatic heterocycles. The van der Waals surface area contributed by atoms with E-state index in [-0.39, 0.29) is 12.8 Å². The maximum absolute atomic E-state index is 10.7. The van der Waals surface area contributed by atoms with Crippen LogP contribution < -0.4 is 0 Å². The second-order valence-electron chi connectivity index (χ2n) is 2.90. The van der Waals surface area contributed by atoms with Gasteiger partial charge in [0.2, 0.25) is 0 Å². The molecule has 0 amide bonds. The topological polar surface area (TPSA) is 87.0 Å². The van der Waals surface area contributed by atoms with E-state index < -0.39 is 30.9 Å². The molecule has 1 aliphatic rings. The molecule has 3 N–H and O–H groups in total. The smallest absolute Gasteiger partial charge is 0.306 e. The van der Waals surface area contributed by atoms with E-state index in [4.69, 9.17) is 14.9 Å². The van der Waals surface area contributed by atoms with E-state index in [9.17, 15) is 9.90 Å². The number of rotatable bonds is 3. The van der Waals surface area contributed by atoms with Crippen LogP contribution in [0, 0.1) is 0 Å². The Kier molecular flexibility index (Phi) is 2.66. The number of hydrogen-bond donors (Lipinski definition) is 3. The number of esters is 1. The van der Waals surface area contributed by atoms with Gasteiger partial charge in [0.25, 0.3) is 0 Å². The van der Waals surface area contributed by atoms with Crippen LogP contribution in [0.25, 0.3) is 0 Å². The van der Waals surface area contributed by atoms with E-state index in [0.29, 0.717) is 0 Å². The molecule has 0 aromatic rings. The lowest BCUT2D eigenvalue weighted by Crippen LogP contribution is -2.47. The van der Waals surface area contributed by atoms with Crippen molar-refractivity contribution in [2.45, 2.75) is 24.5 Å². The summed E-state index contributed by atoms with van der Waals surface area (Å²) in [5, 5.41) is 26.8. The number of cyclic esters (lactones) is 1.